The highest BCUT2D eigenvalue weighted by Crippen LogP contribution is 2.33. The Balaban J connectivity index is 1.64. The number of fused-ring (bicyclic) bond motifs is 1. The van der Waals surface area contributed by atoms with Crippen molar-refractivity contribution in [2.24, 2.45) is 0 Å². The van der Waals surface area contributed by atoms with Gasteiger partial charge in [-0.2, -0.15) is 0 Å². The van der Waals surface area contributed by atoms with E-state index in [1.807, 2.05) is 37.3 Å². The first-order valence-electron chi connectivity index (χ1n) is 9.24. The van der Waals surface area contributed by atoms with E-state index < -0.39 is 10.0 Å². The lowest BCUT2D eigenvalue weighted by molar-refractivity contribution is 0.251. The molecule has 0 bridgehead atoms. The first-order valence-corrected chi connectivity index (χ1v) is 10.8. The van der Waals surface area contributed by atoms with E-state index in [1.54, 1.807) is 19.2 Å². The number of amides is 2. The fourth-order valence-corrected chi connectivity index (χ4v) is 4.76. The molecule has 8 heteroatoms. The molecule has 2 aromatic rings. The lowest BCUT2D eigenvalue weighted by Crippen LogP contribution is -2.31. The Morgan fingerprint density at radius 2 is 1.93 bits per heavy atom. The van der Waals surface area contributed by atoms with Crippen LogP contribution in [0.25, 0.3) is 0 Å². The van der Waals surface area contributed by atoms with Crippen molar-refractivity contribution in [2.75, 3.05) is 29.0 Å². The number of anilines is 2. The summed E-state index contributed by atoms with van der Waals surface area (Å²) in [5.74, 6) is 0.876. The minimum absolute atomic E-state index is 0.118. The highest BCUT2D eigenvalue weighted by Gasteiger charge is 2.28. The molecule has 3 rings (SSSR count). The fraction of sp³-hybridized carbons (Fsp3) is 0.350. The minimum Gasteiger partial charge on any atom is -0.497 e. The van der Waals surface area contributed by atoms with Gasteiger partial charge in [0, 0.05) is 18.8 Å². The van der Waals surface area contributed by atoms with E-state index in [4.69, 9.17) is 4.74 Å². The summed E-state index contributed by atoms with van der Waals surface area (Å²) in [5.41, 5.74) is 3.14. The maximum absolute atomic E-state index is 12.5. The molecule has 1 aliphatic heterocycles. The largest absolute Gasteiger partial charge is 0.497 e. The molecule has 0 fully saturated rings. The number of carbonyl (C=O) groups is 1. The number of rotatable bonds is 7. The van der Waals surface area contributed by atoms with E-state index in [-0.39, 0.29) is 11.8 Å². The molecule has 0 spiro atoms. The van der Waals surface area contributed by atoms with Crippen LogP contribution in [-0.4, -0.2) is 33.9 Å². The Morgan fingerprint density at radius 1 is 1.18 bits per heavy atom. The number of urea groups is 1. The average Bonchev–Trinajstić information content (AvgIpc) is 3.11. The number of nitrogens with zero attached hydrogens (tertiary/aromatic N) is 1. The number of nitrogens with one attached hydrogen (secondary N) is 2. The summed E-state index contributed by atoms with van der Waals surface area (Å²) in [4.78, 5) is 12.2. The van der Waals surface area contributed by atoms with Gasteiger partial charge in [0.1, 0.15) is 5.75 Å². The topological polar surface area (TPSA) is 87.7 Å². The van der Waals surface area contributed by atoms with Crippen molar-refractivity contribution in [3.05, 3.63) is 53.6 Å². The van der Waals surface area contributed by atoms with Crippen LogP contribution in [0.15, 0.2) is 42.5 Å². The Labute approximate surface area is 165 Å². The summed E-state index contributed by atoms with van der Waals surface area (Å²) in [5, 5.41) is 5.56. The van der Waals surface area contributed by atoms with Gasteiger partial charge in [0.2, 0.25) is 10.0 Å². The van der Waals surface area contributed by atoms with Crippen molar-refractivity contribution in [3.8, 4) is 5.75 Å². The highest BCUT2D eigenvalue weighted by atomic mass is 32.2. The van der Waals surface area contributed by atoms with Gasteiger partial charge < -0.3 is 15.4 Å². The van der Waals surface area contributed by atoms with Gasteiger partial charge in [0.15, 0.2) is 0 Å². The summed E-state index contributed by atoms with van der Waals surface area (Å²) < 4.78 is 31.5. The number of benzene rings is 2. The molecule has 0 unspecified atom stereocenters. The van der Waals surface area contributed by atoms with Gasteiger partial charge in [-0.3, -0.25) is 4.31 Å². The number of methoxy groups -OCH3 is 1. The number of hydrogen-bond acceptors (Lipinski definition) is 4. The molecule has 2 amide bonds. The van der Waals surface area contributed by atoms with Gasteiger partial charge in [-0.1, -0.05) is 25.1 Å². The number of hydrogen-bond donors (Lipinski definition) is 2. The standard InChI is InChI=1S/C20H25N3O4S/c1-3-12-28(25,26)23-11-10-16-6-7-17(13-19(16)23)22-20(24)21-14-15-4-8-18(27-2)9-5-15/h4-9,13H,3,10-12,14H2,1-2H3,(H2,21,22,24). The van der Waals surface area contributed by atoms with Crippen LogP contribution in [0.2, 0.25) is 0 Å². The quantitative estimate of drug-likeness (QED) is 0.744. The van der Waals surface area contributed by atoms with Gasteiger partial charge in [-0.25, -0.2) is 13.2 Å². The van der Waals surface area contributed by atoms with Crippen LogP contribution in [0, 0.1) is 0 Å². The average molecular weight is 404 g/mol. The smallest absolute Gasteiger partial charge is 0.319 e. The minimum atomic E-state index is -3.33. The number of sulfonamides is 1. The van der Waals surface area contributed by atoms with Crippen molar-refractivity contribution in [1.82, 2.24) is 5.32 Å². The molecule has 0 saturated carbocycles. The highest BCUT2D eigenvalue weighted by molar-refractivity contribution is 7.92. The first-order chi connectivity index (χ1) is 13.4. The van der Waals surface area contributed by atoms with Crippen molar-refractivity contribution >= 4 is 27.4 Å². The number of carbonyl (C=O) groups excluding carboxylic acids is 1. The van der Waals surface area contributed by atoms with Crippen LogP contribution in [0.1, 0.15) is 24.5 Å². The van der Waals surface area contributed by atoms with Crippen molar-refractivity contribution in [2.45, 2.75) is 26.3 Å². The second kappa shape index (κ2) is 8.52. The zero-order valence-corrected chi connectivity index (χ0v) is 16.9. The molecule has 0 atom stereocenters. The van der Waals surface area contributed by atoms with E-state index in [9.17, 15) is 13.2 Å². The van der Waals surface area contributed by atoms with Crippen LogP contribution in [0.3, 0.4) is 0 Å². The van der Waals surface area contributed by atoms with Crippen LogP contribution < -0.4 is 19.7 Å². The molecule has 0 aliphatic carbocycles. The molecule has 2 aromatic carbocycles. The van der Waals surface area contributed by atoms with E-state index in [2.05, 4.69) is 10.6 Å². The summed E-state index contributed by atoms with van der Waals surface area (Å²) in [6.07, 6.45) is 1.25. The van der Waals surface area contributed by atoms with Crippen molar-refractivity contribution < 1.29 is 17.9 Å². The van der Waals surface area contributed by atoms with Crippen LogP contribution in [-0.2, 0) is 23.0 Å². The van der Waals surface area contributed by atoms with Gasteiger partial charge in [0.25, 0.3) is 0 Å². The van der Waals surface area contributed by atoms with Gasteiger partial charge in [-0.15, -0.1) is 0 Å². The number of ether oxygens (including phenoxy) is 1. The lowest BCUT2D eigenvalue weighted by atomic mass is 10.1. The predicted molar refractivity (Wildman–Crippen MR) is 110 cm³/mol. The summed E-state index contributed by atoms with van der Waals surface area (Å²) >= 11 is 0. The van der Waals surface area contributed by atoms with Crippen LogP contribution in [0.5, 0.6) is 5.75 Å². The lowest BCUT2D eigenvalue weighted by Gasteiger charge is -2.19. The summed E-state index contributed by atoms with van der Waals surface area (Å²) in [6.45, 7) is 2.67. The zero-order valence-electron chi connectivity index (χ0n) is 16.1. The Kier molecular flexibility index (Phi) is 6.08. The molecule has 2 N–H and O–H groups in total. The maximum Gasteiger partial charge on any atom is 0.319 e. The molecule has 28 heavy (non-hydrogen) atoms. The predicted octanol–water partition coefficient (Wildman–Crippen LogP) is 3.12. The molecule has 0 aromatic heterocycles. The summed E-state index contributed by atoms with van der Waals surface area (Å²) in [6, 6.07) is 12.5. The van der Waals surface area contributed by atoms with E-state index in [1.165, 1.54) is 4.31 Å². The Hall–Kier alpha value is -2.74. The molecular formula is C20H25N3O4S. The first kappa shape index (κ1) is 20.0. The van der Waals surface area contributed by atoms with Crippen LogP contribution in [0.4, 0.5) is 16.2 Å². The van der Waals surface area contributed by atoms with Crippen LogP contribution >= 0.6 is 0 Å². The maximum atomic E-state index is 12.5. The Morgan fingerprint density at radius 3 is 2.61 bits per heavy atom. The van der Waals surface area contributed by atoms with Crippen molar-refractivity contribution in [1.29, 1.82) is 0 Å². The second-order valence-electron chi connectivity index (χ2n) is 6.64. The van der Waals surface area contributed by atoms with E-state index in [0.29, 0.717) is 37.3 Å². The third kappa shape index (κ3) is 4.56. The SMILES string of the molecule is CCCS(=O)(=O)N1CCc2ccc(NC(=O)NCc3ccc(OC)cc3)cc21. The fourth-order valence-electron chi connectivity index (χ4n) is 3.19. The van der Waals surface area contributed by atoms with Gasteiger partial charge in [-0.05, 0) is 48.2 Å². The van der Waals surface area contributed by atoms with E-state index in [0.717, 1.165) is 16.9 Å². The molecule has 1 aliphatic rings. The molecule has 0 saturated heterocycles. The van der Waals surface area contributed by atoms with E-state index >= 15 is 0 Å². The zero-order chi connectivity index (χ0) is 20.1. The normalized spacial score (nSPS) is 13.1. The van der Waals surface area contributed by atoms with Gasteiger partial charge in [0.05, 0.1) is 18.6 Å². The molecule has 1 heterocycles. The van der Waals surface area contributed by atoms with Gasteiger partial charge >= 0.3 is 6.03 Å². The summed E-state index contributed by atoms with van der Waals surface area (Å²) in [7, 11) is -1.72. The monoisotopic (exact) mass is 403 g/mol. The third-order valence-corrected chi connectivity index (χ3v) is 6.58. The molecule has 0 radical (unpaired) electrons. The second-order valence-corrected chi connectivity index (χ2v) is 8.65. The van der Waals surface area contributed by atoms with Crippen molar-refractivity contribution in [3.63, 3.8) is 0 Å². The molecule has 150 valence electrons. The molecular weight excluding hydrogens is 378 g/mol. The third-order valence-electron chi connectivity index (χ3n) is 4.61. The Bertz CT molecular complexity index is 942. The molecule has 7 nitrogen and oxygen atoms in total.